The molecule has 1 aliphatic carbocycles. The summed E-state index contributed by atoms with van der Waals surface area (Å²) in [7, 11) is 0. The minimum Gasteiger partial charge on any atom is -0.494 e. The molecular formula is C16H24O3. The molecule has 1 fully saturated rings. The number of ether oxygens (including phenoxy) is 2. The van der Waals surface area contributed by atoms with E-state index in [9.17, 15) is 0 Å². The molecule has 0 spiro atoms. The summed E-state index contributed by atoms with van der Waals surface area (Å²) < 4.78 is 11.5. The van der Waals surface area contributed by atoms with E-state index in [1.807, 2.05) is 30.3 Å². The minimum atomic E-state index is 0.331. The zero-order valence-electron chi connectivity index (χ0n) is 11.5. The third-order valence-corrected chi connectivity index (χ3v) is 3.71. The summed E-state index contributed by atoms with van der Waals surface area (Å²) in [6.45, 7) is 1.80. The van der Waals surface area contributed by atoms with Crippen molar-refractivity contribution in [2.75, 3.05) is 19.8 Å². The van der Waals surface area contributed by atoms with Gasteiger partial charge in [-0.25, -0.2) is 0 Å². The fourth-order valence-electron chi connectivity index (χ4n) is 2.50. The lowest BCUT2D eigenvalue weighted by atomic mass is 9.88. The molecule has 3 nitrogen and oxygen atoms in total. The topological polar surface area (TPSA) is 38.7 Å². The van der Waals surface area contributed by atoms with Gasteiger partial charge in [-0.1, -0.05) is 18.2 Å². The van der Waals surface area contributed by atoms with E-state index in [-0.39, 0.29) is 0 Å². The van der Waals surface area contributed by atoms with Crippen LogP contribution in [0.4, 0.5) is 0 Å². The number of benzene rings is 1. The highest BCUT2D eigenvalue weighted by molar-refractivity contribution is 5.20. The highest BCUT2D eigenvalue weighted by atomic mass is 16.5. The van der Waals surface area contributed by atoms with Gasteiger partial charge in [-0.3, -0.25) is 0 Å². The minimum absolute atomic E-state index is 0.331. The van der Waals surface area contributed by atoms with Crippen LogP contribution in [0.3, 0.4) is 0 Å². The molecule has 1 aliphatic rings. The molecule has 0 aliphatic heterocycles. The van der Waals surface area contributed by atoms with Crippen LogP contribution < -0.4 is 4.74 Å². The number of hydrogen-bond acceptors (Lipinski definition) is 3. The van der Waals surface area contributed by atoms with E-state index in [1.54, 1.807) is 0 Å². The first kappa shape index (κ1) is 14.4. The van der Waals surface area contributed by atoms with Gasteiger partial charge in [0.15, 0.2) is 0 Å². The van der Waals surface area contributed by atoms with E-state index in [2.05, 4.69) is 0 Å². The Balaban J connectivity index is 1.51. The largest absolute Gasteiger partial charge is 0.494 e. The predicted molar refractivity (Wildman–Crippen MR) is 75.3 cm³/mol. The van der Waals surface area contributed by atoms with Gasteiger partial charge >= 0.3 is 0 Å². The summed E-state index contributed by atoms with van der Waals surface area (Å²) in [4.78, 5) is 0. The van der Waals surface area contributed by atoms with Crippen molar-refractivity contribution < 1.29 is 14.6 Å². The van der Waals surface area contributed by atoms with E-state index in [1.165, 1.54) is 0 Å². The molecule has 0 amide bonds. The summed E-state index contributed by atoms with van der Waals surface area (Å²) >= 11 is 0. The molecule has 106 valence electrons. The number of hydrogen-bond donors (Lipinski definition) is 1. The second-order valence-corrected chi connectivity index (χ2v) is 5.21. The molecule has 1 aromatic carbocycles. The first-order valence-electron chi connectivity index (χ1n) is 7.29. The van der Waals surface area contributed by atoms with Crippen LogP contribution in [-0.4, -0.2) is 31.0 Å². The molecule has 0 bridgehead atoms. The lowest BCUT2D eigenvalue weighted by Crippen LogP contribution is -2.24. The van der Waals surface area contributed by atoms with Gasteiger partial charge in [0.2, 0.25) is 0 Å². The van der Waals surface area contributed by atoms with Crippen LogP contribution in [0.5, 0.6) is 5.75 Å². The van der Waals surface area contributed by atoms with E-state index < -0.39 is 0 Å². The normalized spacial score (nSPS) is 23.2. The lowest BCUT2D eigenvalue weighted by molar-refractivity contribution is 0.00684. The Morgan fingerprint density at radius 1 is 1.00 bits per heavy atom. The molecule has 0 saturated heterocycles. The van der Waals surface area contributed by atoms with E-state index in [0.29, 0.717) is 25.2 Å². The zero-order chi connectivity index (χ0) is 13.3. The first-order valence-corrected chi connectivity index (χ1v) is 7.29. The van der Waals surface area contributed by atoms with Crippen LogP contribution in [0.25, 0.3) is 0 Å². The zero-order valence-corrected chi connectivity index (χ0v) is 11.5. The average Bonchev–Trinajstić information content (AvgIpc) is 2.49. The van der Waals surface area contributed by atoms with Gasteiger partial charge in [0.05, 0.1) is 19.3 Å². The lowest BCUT2D eigenvalue weighted by Gasteiger charge is -2.27. The van der Waals surface area contributed by atoms with Crippen LogP contribution in [0, 0.1) is 5.92 Å². The average molecular weight is 264 g/mol. The van der Waals surface area contributed by atoms with E-state index in [4.69, 9.17) is 14.6 Å². The van der Waals surface area contributed by atoms with Crippen molar-refractivity contribution in [2.24, 2.45) is 5.92 Å². The summed E-state index contributed by atoms with van der Waals surface area (Å²) in [5, 5.41) is 9.07. The Hall–Kier alpha value is -1.06. The monoisotopic (exact) mass is 264 g/mol. The third kappa shape index (κ3) is 5.21. The Bertz CT molecular complexity index is 331. The maximum atomic E-state index is 9.07. The third-order valence-electron chi connectivity index (χ3n) is 3.71. The van der Waals surface area contributed by atoms with Gasteiger partial charge in [0.1, 0.15) is 5.75 Å². The molecule has 19 heavy (non-hydrogen) atoms. The second-order valence-electron chi connectivity index (χ2n) is 5.21. The quantitative estimate of drug-likeness (QED) is 0.769. The molecular weight excluding hydrogens is 240 g/mol. The Morgan fingerprint density at radius 2 is 1.74 bits per heavy atom. The number of aliphatic hydroxyl groups is 1. The van der Waals surface area contributed by atoms with Crippen LogP contribution in [-0.2, 0) is 4.74 Å². The van der Waals surface area contributed by atoms with Crippen molar-refractivity contribution in [3.63, 3.8) is 0 Å². The van der Waals surface area contributed by atoms with Gasteiger partial charge in [-0.2, -0.15) is 0 Å². The van der Waals surface area contributed by atoms with Crippen LogP contribution in [0.1, 0.15) is 32.1 Å². The summed E-state index contributed by atoms with van der Waals surface area (Å²) in [5.74, 6) is 1.42. The van der Waals surface area contributed by atoms with Gasteiger partial charge in [-0.15, -0.1) is 0 Å². The molecule has 0 atom stereocenters. The van der Waals surface area contributed by atoms with E-state index >= 15 is 0 Å². The highest BCUT2D eigenvalue weighted by Gasteiger charge is 2.20. The van der Waals surface area contributed by atoms with Crippen molar-refractivity contribution in [2.45, 2.75) is 38.2 Å². The molecule has 0 radical (unpaired) electrons. The molecule has 3 heteroatoms. The molecule has 0 heterocycles. The fourth-order valence-corrected chi connectivity index (χ4v) is 2.50. The highest BCUT2D eigenvalue weighted by Crippen LogP contribution is 2.25. The van der Waals surface area contributed by atoms with Crippen LogP contribution >= 0.6 is 0 Å². The van der Waals surface area contributed by atoms with E-state index in [0.717, 1.165) is 44.5 Å². The molecule has 2 rings (SSSR count). The number of rotatable bonds is 7. The fraction of sp³-hybridized carbons (Fsp3) is 0.625. The first-order chi connectivity index (χ1) is 9.38. The molecule has 1 aromatic rings. The Kier molecular flexibility index (Phi) is 6.18. The standard InChI is InChI=1S/C16H24O3/c17-13-14-7-9-16(10-8-14)19-12-4-11-18-15-5-2-1-3-6-15/h1-3,5-6,14,16-17H,4,7-13H2. The van der Waals surface area contributed by atoms with Gasteiger partial charge in [0, 0.05) is 13.0 Å². The smallest absolute Gasteiger partial charge is 0.119 e. The summed E-state index contributed by atoms with van der Waals surface area (Å²) in [6.07, 6.45) is 5.69. The number of para-hydroxylation sites is 1. The predicted octanol–water partition coefficient (Wildman–Crippen LogP) is 3.02. The van der Waals surface area contributed by atoms with Gasteiger partial charge < -0.3 is 14.6 Å². The number of aliphatic hydroxyl groups excluding tert-OH is 1. The van der Waals surface area contributed by atoms with Crippen molar-refractivity contribution in [1.82, 2.24) is 0 Å². The van der Waals surface area contributed by atoms with Crippen LogP contribution in [0.15, 0.2) is 30.3 Å². The second kappa shape index (κ2) is 8.18. The Morgan fingerprint density at radius 3 is 2.42 bits per heavy atom. The molecule has 0 aromatic heterocycles. The van der Waals surface area contributed by atoms with Crippen molar-refractivity contribution >= 4 is 0 Å². The maximum absolute atomic E-state index is 9.07. The van der Waals surface area contributed by atoms with Crippen molar-refractivity contribution in [3.8, 4) is 5.75 Å². The molecule has 0 unspecified atom stereocenters. The summed E-state index contributed by atoms with van der Waals surface area (Å²) in [5.41, 5.74) is 0. The molecule has 1 N–H and O–H groups in total. The van der Waals surface area contributed by atoms with Gasteiger partial charge in [-0.05, 0) is 43.7 Å². The SMILES string of the molecule is OCC1CCC(OCCCOc2ccccc2)CC1. The maximum Gasteiger partial charge on any atom is 0.119 e. The Labute approximate surface area is 115 Å². The summed E-state index contributed by atoms with van der Waals surface area (Å²) in [6, 6.07) is 9.88. The van der Waals surface area contributed by atoms with Gasteiger partial charge in [0.25, 0.3) is 0 Å². The molecule has 1 saturated carbocycles. The van der Waals surface area contributed by atoms with Crippen molar-refractivity contribution in [3.05, 3.63) is 30.3 Å². The van der Waals surface area contributed by atoms with Crippen LogP contribution in [0.2, 0.25) is 0 Å². The van der Waals surface area contributed by atoms with Crippen molar-refractivity contribution in [1.29, 1.82) is 0 Å².